The highest BCUT2D eigenvalue weighted by atomic mass is 35.5. The van der Waals surface area contributed by atoms with Crippen molar-refractivity contribution in [2.75, 3.05) is 0 Å². The Bertz CT molecular complexity index is 734. The maximum Gasteiger partial charge on any atom is 0.123 e. The van der Waals surface area contributed by atoms with Crippen molar-refractivity contribution < 1.29 is 0 Å². The number of hydrogen-bond acceptors (Lipinski definition) is 2. The summed E-state index contributed by atoms with van der Waals surface area (Å²) in [6.45, 7) is 1.36. The molecule has 1 heterocycles. The third-order valence-electron chi connectivity index (χ3n) is 3.66. The highest BCUT2D eigenvalue weighted by Gasteiger charge is 2.09. The van der Waals surface area contributed by atoms with Crippen LogP contribution in [0, 0.1) is 0 Å². The Kier molecular flexibility index (Phi) is 4.23. The van der Waals surface area contributed by atoms with Crippen LogP contribution in [0.25, 0.3) is 11.0 Å². The number of rotatable bonds is 5. The minimum Gasteiger partial charge on any atom is -0.327 e. The zero-order valence-corrected chi connectivity index (χ0v) is 12.6. The maximum absolute atomic E-state index is 6.03. The lowest BCUT2D eigenvalue weighted by molar-refractivity contribution is 0.626. The summed E-state index contributed by atoms with van der Waals surface area (Å²) in [7, 11) is 0. The fraction of sp³-hybridized carbons (Fsp3) is 0.235. The number of halogens is 1. The van der Waals surface area contributed by atoms with Gasteiger partial charge in [0.15, 0.2) is 0 Å². The number of benzene rings is 2. The average Bonchev–Trinajstić information content (AvgIpc) is 2.85. The predicted octanol–water partition coefficient (Wildman–Crippen LogP) is 3.78. The second-order valence-electron chi connectivity index (χ2n) is 5.11. The van der Waals surface area contributed by atoms with Gasteiger partial charge in [0.25, 0.3) is 0 Å². The highest BCUT2D eigenvalue weighted by molar-refractivity contribution is 6.31. The van der Waals surface area contributed by atoms with E-state index in [0.717, 1.165) is 36.2 Å². The van der Waals surface area contributed by atoms with Crippen LogP contribution < -0.4 is 5.73 Å². The van der Waals surface area contributed by atoms with Gasteiger partial charge >= 0.3 is 0 Å². The van der Waals surface area contributed by atoms with Gasteiger partial charge in [0.05, 0.1) is 17.6 Å². The molecule has 2 aromatic carbocycles. The number of nitrogens with zero attached hydrogens (tertiary/aromatic N) is 2. The largest absolute Gasteiger partial charge is 0.327 e. The van der Waals surface area contributed by atoms with Gasteiger partial charge in [-0.3, -0.25) is 0 Å². The zero-order chi connectivity index (χ0) is 14.7. The molecule has 3 nitrogen and oxygen atoms in total. The number of fused-ring (bicyclic) bond motifs is 1. The van der Waals surface area contributed by atoms with Gasteiger partial charge in [-0.2, -0.15) is 0 Å². The molecule has 1 aromatic heterocycles. The Morgan fingerprint density at radius 2 is 1.90 bits per heavy atom. The lowest BCUT2D eigenvalue weighted by Crippen LogP contribution is -2.09. The summed E-state index contributed by atoms with van der Waals surface area (Å²) in [5.41, 5.74) is 9.20. The van der Waals surface area contributed by atoms with Crippen LogP contribution in [0.5, 0.6) is 0 Å². The van der Waals surface area contributed by atoms with Crippen molar-refractivity contribution in [2.45, 2.75) is 25.9 Å². The maximum atomic E-state index is 6.03. The SMILES string of the molecule is NCc1nc2cc(Cl)ccc2n1CCCc1ccccc1. The summed E-state index contributed by atoms with van der Waals surface area (Å²) >= 11 is 6.03. The van der Waals surface area contributed by atoms with E-state index >= 15 is 0 Å². The van der Waals surface area contributed by atoms with Crippen molar-refractivity contribution in [3.05, 3.63) is 64.9 Å². The molecule has 0 saturated heterocycles. The van der Waals surface area contributed by atoms with Crippen LogP contribution in [0.3, 0.4) is 0 Å². The molecule has 0 atom stereocenters. The molecule has 4 heteroatoms. The van der Waals surface area contributed by atoms with Crippen molar-refractivity contribution in [3.8, 4) is 0 Å². The van der Waals surface area contributed by atoms with Crippen molar-refractivity contribution in [1.29, 1.82) is 0 Å². The third-order valence-corrected chi connectivity index (χ3v) is 3.90. The highest BCUT2D eigenvalue weighted by Crippen LogP contribution is 2.21. The standard InChI is InChI=1S/C17H18ClN3/c18-14-8-9-16-15(11-14)20-17(12-19)21(16)10-4-7-13-5-2-1-3-6-13/h1-3,5-6,8-9,11H,4,7,10,12,19H2. The van der Waals surface area contributed by atoms with Gasteiger partial charge in [-0.05, 0) is 36.6 Å². The van der Waals surface area contributed by atoms with Crippen molar-refractivity contribution in [1.82, 2.24) is 9.55 Å². The quantitative estimate of drug-likeness (QED) is 0.779. The van der Waals surface area contributed by atoms with E-state index in [0.29, 0.717) is 11.6 Å². The number of nitrogens with two attached hydrogens (primary N) is 1. The molecule has 108 valence electrons. The molecule has 21 heavy (non-hydrogen) atoms. The summed E-state index contributed by atoms with van der Waals surface area (Å²) < 4.78 is 2.20. The fourth-order valence-electron chi connectivity index (χ4n) is 2.64. The zero-order valence-electron chi connectivity index (χ0n) is 11.8. The Hall–Kier alpha value is -1.84. The van der Waals surface area contributed by atoms with E-state index in [2.05, 4.69) is 33.8 Å². The van der Waals surface area contributed by atoms with E-state index in [1.165, 1.54) is 5.56 Å². The number of aryl methyl sites for hydroxylation is 2. The van der Waals surface area contributed by atoms with Crippen LogP contribution >= 0.6 is 11.6 Å². The Labute approximate surface area is 129 Å². The van der Waals surface area contributed by atoms with Gasteiger partial charge in [0, 0.05) is 11.6 Å². The van der Waals surface area contributed by atoms with Crippen molar-refractivity contribution >= 4 is 22.6 Å². The van der Waals surface area contributed by atoms with Crippen LogP contribution in [-0.4, -0.2) is 9.55 Å². The van der Waals surface area contributed by atoms with Crippen molar-refractivity contribution in [3.63, 3.8) is 0 Å². The van der Waals surface area contributed by atoms with Crippen molar-refractivity contribution in [2.24, 2.45) is 5.73 Å². The van der Waals surface area contributed by atoms with Crippen LogP contribution in [-0.2, 0) is 19.5 Å². The van der Waals surface area contributed by atoms with Gasteiger partial charge in [-0.1, -0.05) is 41.9 Å². The normalized spacial score (nSPS) is 11.1. The first-order valence-electron chi connectivity index (χ1n) is 7.16. The monoisotopic (exact) mass is 299 g/mol. The third kappa shape index (κ3) is 3.09. The molecule has 3 rings (SSSR count). The van der Waals surface area contributed by atoms with E-state index in [-0.39, 0.29) is 0 Å². The summed E-state index contributed by atoms with van der Waals surface area (Å²) in [6, 6.07) is 16.3. The molecule has 0 radical (unpaired) electrons. The first-order chi connectivity index (χ1) is 10.3. The fourth-order valence-corrected chi connectivity index (χ4v) is 2.81. The topological polar surface area (TPSA) is 43.8 Å². The van der Waals surface area contributed by atoms with Crippen LogP contribution in [0.15, 0.2) is 48.5 Å². The van der Waals surface area contributed by atoms with E-state index < -0.39 is 0 Å². The average molecular weight is 300 g/mol. The molecular formula is C17H18ClN3. The number of imidazole rings is 1. The summed E-state index contributed by atoms with van der Waals surface area (Å²) in [5.74, 6) is 0.917. The van der Waals surface area contributed by atoms with E-state index in [1.54, 1.807) is 0 Å². The smallest absolute Gasteiger partial charge is 0.123 e. The molecule has 3 aromatic rings. The summed E-state index contributed by atoms with van der Waals surface area (Å²) in [6.07, 6.45) is 2.11. The number of hydrogen-bond donors (Lipinski definition) is 1. The Morgan fingerprint density at radius 3 is 2.67 bits per heavy atom. The molecule has 0 saturated carbocycles. The minimum atomic E-state index is 0.442. The molecule has 0 aliphatic rings. The molecule has 0 spiro atoms. The molecule has 0 aliphatic carbocycles. The van der Waals surface area contributed by atoms with Crippen LogP contribution in [0.2, 0.25) is 5.02 Å². The van der Waals surface area contributed by atoms with Gasteiger partial charge < -0.3 is 10.3 Å². The van der Waals surface area contributed by atoms with Gasteiger partial charge in [0.1, 0.15) is 5.82 Å². The predicted molar refractivity (Wildman–Crippen MR) is 87.4 cm³/mol. The summed E-state index contributed by atoms with van der Waals surface area (Å²) in [5, 5.41) is 0.708. The van der Waals surface area contributed by atoms with Gasteiger partial charge in [0.2, 0.25) is 0 Å². The lowest BCUT2D eigenvalue weighted by Gasteiger charge is -2.08. The molecule has 0 fully saturated rings. The first-order valence-corrected chi connectivity index (χ1v) is 7.54. The van der Waals surface area contributed by atoms with E-state index in [4.69, 9.17) is 17.3 Å². The van der Waals surface area contributed by atoms with E-state index in [1.807, 2.05) is 24.3 Å². The Morgan fingerprint density at radius 1 is 1.10 bits per heavy atom. The van der Waals surface area contributed by atoms with Crippen LogP contribution in [0.4, 0.5) is 0 Å². The Balaban J connectivity index is 1.79. The molecule has 0 bridgehead atoms. The molecule has 2 N–H and O–H groups in total. The summed E-state index contributed by atoms with van der Waals surface area (Å²) in [4.78, 5) is 4.57. The molecular weight excluding hydrogens is 282 g/mol. The van der Waals surface area contributed by atoms with E-state index in [9.17, 15) is 0 Å². The van der Waals surface area contributed by atoms with Crippen LogP contribution in [0.1, 0.15) is 17.8 Å². The lowest BCUT2D eigenvalue weighted by atomic mass is 10.1. The number of aromatic nitrogens is 2. The second kappa shape index (κ2) is 6.29. The first kappa shape index (κ1) is 14.1. The molecule has 0 aliphatic heterocycles. The van der Waals surface area contributed by atoms with Gasteiger partial charge in [-0.15, -0.1) is 0 Å². The minimum absolute atomic E-state index is 0.442. The second-order valence-corrected chi connectivity index (χ2v) is 5.54. The molecule has 0 amide bonds. The van der Waals surface area contributed by atoms with Gasteiger partial charge in [-0.25, -0.2) is 4.98 Å². The molecule has 0 unspecified atom stereocenters.